The SMILES string of the molecule is CC(=O)O[C@@H]1C[C@@H](C(=O)Nc2ccc(-c3ccc(NC(=O)[C@@H]4CCCN4C(C)=O)cc3)cc2)N(C(=O)Cc2ccccc2)C1. The summed E-state index contributed by atoms with van der Waals surface area (Å²) in [5, 5.41) is 5.81. The van der Waals surface area contributed by atoms with Crippen LogP contribution in [0.15, 0.2) is 78.9 Å². The zero-order chi connectivity index (χ0) is 31.2. The summed E-state index contributed by atoms with van der Waals surface area (Å²) in [6.07, 6.45) is 1.28. The van der Waals surface area contributed by atoms with E-state index in [1.165, 1.54) is 18.7 Å². The van der Waals surface area contributed by atoms with Gasteiger partial charge in [0.15, 0.2) is 0 Å². The van der Waals surface area contributed by atoms with Gasteiger partial charge >= 0.3 is 5.97 Å². The minimum absolute atomic E-state index is 0.0963. The summed E-state index contributed by atoms with van der Waals surface area (Å²) in [5.74, 6) is -1.29. The number of carbonyl (C=O) groups is 5. The van der Waals surface area contributed by atoms with Gasteiger partial charge in [0.1, 0.15) is 18.2 Å². The molecule has 2 heterocycles. The smallest absolute Gasteiger partial charge is 0.302 e. The summed E-state index contributed by atoms with van der Waals surface area (Å²) >= 11 is 0. The molecule has 0 radical (unpaired) electrons. The summed E-state index contributed by atoms with van der Waals surface area (Å²) in [4.78, 5) is 65.7. The summed E-state index contributed by atoms with van der Waals surface area (Å²) < 4.78 is 5.35. The number of rotatable bonds is 8. The van der Waals surface area contributed by atoms with Crippen LogP contribution in [0, 0.1) is 0 Å². The zero-order valence-corrected chi connectivity index (χ0v) is 24.8. The van der Waals surface area contributed by atoms with E-state index in [4.69, 9.17) is 4.74 Å². The summed E-state index contributed by atoms with van der Waals surface area (Å²) in [5.41, 5.74) is 3.89. The topological polar surface area (TPSA) is 125 Å². The van der Waals surface area contributed by atoms with Gasteiger partial charge in [0.25, 0.3) is 0 Å². The van der Waals surface area contributed by atoms with Crippen molar-refractivity contribution in [3.8, 4) is 11.1 Å². The van der Waals surface area contributed by atoms with Crippen LogP contribution in [0.4, 0.5) is 11.4 Å². The summed E-state index contributed by atoms with van der Waals surface area (Å²) in [6, 6.07) is 22.8. The van der Waals surface area contributed by atoms with Crippen molar-refractivity contribution >= 4 is 41.0 Å². The number of anilines is 2. The lowest BCUT2D eigenvalue weighted by atomic mass is 10.0. The van der Waals surface area contributed by atoms with Crippen molar-refractivity contribution in [1.29, 1.82) is 0 Å². The lowest BCUT2D eigenvalue weighted by Crippen LogP contribution is -2.43. The number of ether oxygens (including phenoxy) is 1. The van der Waals surface area contributed by atoms with Crippen molar-refractivity contribution in [2.45, 2.75) is 57.7 Å². The maximum atomic E-state index is 13.3. The molecule has 2 N–H and O–H groups in total. The van der Waals surface area contributed by atoms with Crippen LogP contribution in [0.5, 0.6) is 0 Å². The molecule has 3 aromatic carbocycles. The number of carbonyl (C=O) groups excluding carboxylic acids is 5. The molecular weight excluding hydrogens is 560 g/mol. The highest BCUT2D eigenvalue weighted by molar-refractivity contribution is 5.99. The van der Waals surface area contributed by atoms with Gasteiger partial charge in [0.05, 0.1) is 13.0 Å². The van der Waals surface area contributed by atoms with Gasteiger partial charge in [-0.05, 0) is 53.8 Å². The van der Waals surface area contributed by atoms with Gasteiger partial charge in [0, 0.05) is 38.2 Å². The second kappa shape index (κ2) is 13.5. The number of nitrogens with zero attached hydrogens (tertiary/aromatic N) is 2. The maximum Gasteiger partial charge on any atom is 0.302 e. The van der Waals surface area contributed by atoms with Crippen LogP contribution in [-0.4, -0.2) is 70.7 Å². The van der Waals surface area contributed by atoms with Crippen LogP contribution >= 0.6 is 0 Å². The number of nitrogens with one attached hydrogen (secondary N) is 2. The first-order chi connectivity index (χ1) is 21.2. The van der Waals surface area contributed by atoms with E-state index in [1.807, 2.05) is 66.7 Å². The fourth-order valence-electron chi connectivity index (χ4n) is 5.87. The van der Waals surface area contributed by atoms with Crippen molar-refractivity contribution < 1.29 is 28.7 Å². The fraction of sp³-hybridized carbons (Fsp3) is 0.324. The highest BCUT2D eigenvalue weighted by Gasteiger charge is 2.41. The first-order valence-corrected chi connectivity index (χ1v) is 14.8. The lowest BCUT2D eigenvalue weighted by Gasteiger charge is -2.23. The van der Waals surface area contributed by atoms with Gasteiger partial charge in [-0.3, -0.25) is 24.0 Å². The molecule has 0 bridgehead atoms. The Morgan fingerprint density at radius 2 is 1.32 bits per heavy atom. The Morgan fingerprint density at radius 1 is 0.750 bits per heavy atom. The molecule has 0 saturated carbocycles. The number of likely N-dealkylation sites (tertiary alicyclic amines) is 2. The Kier molecular flexibility index (Phi) is 9.38. The standard InChI is InChI=1S/C34H36N4O6/c1-22(39)37-18-6-9-30(37)33(42)35-27-14-10-25(11-15-27)26-12-16-28(17-13-26)36-34(43)31-20-29(44-23(2)40)21-38(31)32(41)19-24-7-4-3-5-8-24/h3-5,7-8,10-17,29-31H,6,9,18-21H2,1-2H3,(H,35,42)(H,36,43)/t29-,30+,31+/m1/s1. The predicted molar refractivity (Wildman–Crippen MR) is 165 cm³/mol. The molecule has 2 aliphatic rings. The van der Waals surface area contributed by atoms with E-state index in [-0.39, 0.29) is 43.0 Å². The molecular formula is C34H36N4O6. The molecule has 10 nitrogen and oxygen atoms in total. The van der Waals surface area contributed by atoms with Crippen LogP contribution in [0.2, 0.25) is 0 Å². The Morgan fingerprint density at radius 3 is 1.86 bits per heavy atom. The monoisotopic (exact) mass is 596 g/mol. The molecule has 10 heteroatoms. The summed E-state index contributed by atoms with van der Waals surface area (Å²) in [7, 11) is 0. The van der Waals surface area contributed by atoms with E-state index in [1.54, 1.807) is 17.0 Å². The summed E-state index contributed by atoms with van der Waals surface area (Å²) in [6.45, 7) is 3.56. The Hall–Kier alpha value is -4.99. The van der Waals surface area contributed by atoms with Crippen molar-refractivity contribution in [3.63, 3.8) is 0 Å². The molecule has 3 atom stereocenters. The fourth-order valence-corrected chi connectivity index (χ4v) is 5.87. The second-order valence-electron chi connectivity index (χ2n) is 11.2. The maximum absolute atomic E-state index is 13.3. The molecule has 2 saturated heterocycles. The highest BCUT2D eigenvalue weighted by atomic mass is 16.5. The zero-order valence-electron chi connectivity index (χ0n) is 24.8. The third-order valence-electron chi connectivity index (χ3n) is 8.01. The van der Waals surface area contributed by atoms with Gasteiger partial charge in [-0.1, -0.05) is 54.6 Å². The normalized spacial score (nSPS) is 19.4. The first-order valence-electron chi connectivity index (χ1n) is 14.8. The molecule has 0 spiro atoms. The van der Waals surface area contributed by atoms with E-state index in [9.17, 15) is 24.0 Å². The van der Waals surface area contributed by atoms with Crippen LogP contribution in [0.1, 0.15) is 38.7 Å². The molecule has 228 valence electrons. The van der Waals surface area contributed by atoms with Crippen molar-refractivity contribution in [1.82, 2.24) is 9.80 Å². The Bertz CT molecular complexity index is 1520. The molecule has 0 aromatic heterocycles. The molecule has 44 heavy (non-hydrogen) atoms. The molecule has 3 aromatic rings. The van der Waals surface area contributed by atoms with Crippen molar-refractivity contribution in [3.05, 3.63) is 84.4 Å². The number of esters is 1. The van der Waals surface area contributed by atoms with Gasteiger partial charge in [-0.2, -0.15) is 0 Å². The Balaban J connectivity index is 1.21. The minimum Gasteiger partial charge on any atom is -0.461 e. The van der Waals surface area contributed by atoms with E-state index in [0.717, 1.165) is 23.1 Å². The van der Waals surface area contributed by atoms with Crippen molar-refractivity contribution in [2.75, 3.05) is 23.7 Å². The first kappa shape index (κ1) is 30.5. The van der Waals surface area contributed by atoms with Crippen molar-refractivity contribution in [2.24, 2.45) is 0 Å². The third kappa shape index (κ3) is 7.31. The lowest BCUT2D eigenvalue weighted by molar-refractivity contribution is -0.146. The van der Waals surface area contributed by atoms with E-state index >= 15 is 0 Å². The van der Waals surface area contributed by atoms with Gasteiger partial charge in [-0.15, -0.1) is 0 Å². The molecule has 0 unspecified atom stereocenters. The Labute approximate surface area is 256 Å². The number of hydrogen-bond donors (Lipinski definition) is 2. The quantitative estimate of drug-likeness (QED) is 0.379. The van der Waals surface area contributed by atoms with E-state index in [2.05, 4.69) is 10.6 Å². The largest absolute Gasteiger partial charge is 0.461 e. The van der Waals surface area contributed by atoms with Crippen LogP contribution in [0.3, 0.4) is 0 Å². The average Bonchev–Trinajstić information content (AvgIpc) is 3.67. The average molecular weight is 597 g/mol. The number of benzene rings is 3. The third-order valence-corrected chi connectivity index (χ3v) is 8.01. The van der Waals surface area contributed by atoms with Gasteiger partial charge in [-0.25, -0.2) is 0 Å². The second-order valence-corrected chi connectivity index (χ2v) is 11.2. The van der Waals surface area contributed by atoms with Crippen LogP contribution in [0.25, 0.3) is 11.1 Å². The number of amides is 4. The predicted octanol–water partition coefficient (Wildman–Crippen LogP) is 4.02. The van der Waals surface area contributed by atoms with Gasteiger partial charge < -0.3 is 25.2 Å². The number of hydrogen-bond acceptors (Lipinski definition) is 6. The molecule has 5 rings (SSSR count). The van der Waals surface area contributed by atoms with Gasteiger partial charge in [0.2, 0.25) is 23.6 Å². The molecule has 2 fully saturated rings. The van der Waals surface area contributed by atoms with Crippen LogP contribution in [-0.2, 0) is 35.1 Å². The van der Waals surface area contributed by atoms with E-state index in [0.29, 0.717) is 24.3 Å². The minimum atomic E-state index is -0.773. The highest BCUT2D eigenvalue weighted by Crippen LogP contribution is 2.27. The molecule has 0 aliphatic carbocycles. The molecule has 4 amide bonds. The van der Waals surface area contributed by atoms with Crippen LogP contribution < -0.4 is 10.6 Å². The van der Waals surface area contributed by atoms with E-state index < -0.39 is 24.2 Å². The molecule has 2 aliphatic heterocycles.